The van der Waals surface area contributed by atoms with Crippen LogP contribution < -0.4 is 5.32 Å². The predicted octanol–water partition coefficient (Wildman–Crippen LogP) is 1.11. The van der Waals surface area contributed by atoms with Crippen LogP contribution in [-0.2, 0) is 28.7 Å². The van der Waals surface area contributed by atoms with Crippen LogP contribution in [-0.4, -0.2) is 102 Å². The molecule has 3 rings (SSSR count). The van der Waals surface area contributed by atoms with E-state index in [0.29, 0.717) is 45.1 Å². The lowest BCUT2D eigenvalue weighted by Crippen LogP contribution is -2.58. The Morgan fingerprint density at radius 1 is 1.00 bits per heavy atom. The summed E-state index contributed by atoms with van der Waals surface area (Å²) >= 11 is 0. The van der Waals surface area contributed by atoms with E-state index in [-0.39, 0.29) is 41.6 Å². The Kier molecular flexibility index (Phi) is 9.13. The van der Waals surface area contributed by atoms with Crippen LogP contribution in [0.25, 0.3) is 0 Å². The highest BCUT2D eigenvalue weighted by atomic mass is 16.5. The van der Waals surface area contributed by atoms with Crippen LogP contribution in [0.1, 0.15) is 72.6 Å². The average molecular weight is 507 g/mol. The zero-order valence-corrected chi connectivity index (χ0v) is 22.3. The molecule has 0 aromatic heterocycles. The number of esters is 1. The van der Waals surface area contributed by atoms with E-state index in [1.54, 1.807) is 23.6 Å². The molecule has 3 heterocycles. The van der Waals surface area contributed by atoms with Crippen LogP contribution in [0.5, 0.6) is 0 Å². The van der Waals surface area contributed by atoms with Gasteiger partial charge in [-0.3, -0.25) is 24.1 Å². The molecule has 0 aromatic rings. The number of amides is 3. The van der Waals surface area contributed by atoms with Gasteiger partial charge in [0.05, 0.1) is 12.5 Å². The van der Waals surface area contributed by atoms with Crippen molar-refractivity contribution in [3.05, 3.63) is 0 Å². The fourth-order valence-corrected chi connectivity index (χ4v) is 5.81. The summed E-state index contributed by atoms with van der Waals surface area (Å²) in [7, 11) is 1.91. The van der Waals surface area contributed by atoms with E-state index in [1.165, 1.54) is 0 Å². The number of likely N-dealkylation sites (N-methyl/N-ethyl adjacent to an activating group) is 1. The number of carbonyl (C=O) groups is 5. The number of hydrogen-bond acceptors (Lipinski definition) is 7. The molecule has 0 aromatic carbocycles. The van der Waals surface area contributed by atoms with E-state index in [9.17, 15) is 24.0 Å². The van der Waals surface area contributed by atoms with Gasteiger partial charge in [-0.1, -0.05) is 13.8 Å². The zero-order chi connectivity index (χ0) is 26.6. The number of ether oxygens (including phenoxy) is 1. The molecule has 0 spiro atoms. The number of aldehydes is 1. The molecular formula is C26H42N4O6. The minimum atomic E-state index is -0.640. The van der Waals surface area contributed by atoms with E-state index in [0.717, 1.165) is 19.4 Å². The maximum absolute atomic E-state index is 13.5. The van der Waals surface area contributed by atoms with Crippen LogP contribution in [0.15, 0.2) is 0 Å². The van der Waals surface area contributed by atoms with Crippen molar-refractivity contribution < 1.29 is 28.7 Å². The lowest BCUT2D eigenvalue weighted by atomic mass is 9.91. The Labute approximate surface area is 214 Å². The predicted molar refractivity (Wildman–Crippen MR) is 133 cm³/mol. The summed E-state index contributed by atoms with van der Waals surface area (Å²) in [5.41, 5.74) is 0.0368. The maximum atomic E-state index is 13.5. The first-order valence-corrected chi connectivity index (χ1v) is 13.2. The second-order valence-corrected chi connectivity index (χ2v) is 11.5. The van der Waals surface area contributed by atoms with Gasteiger partial charge in [-0.25, -0.2) is 0 Å². The number of likely N-dealkylation sites (tertiary alicyclic amines) is 3. The summed E-state index contributed by atoms with van der Waals surface area (Å²) in [6.07, 6.45) is 4.16. The molecule has 0 bridgehead atoms. The first-order valence-electron chi connectivity index (χ1n) is 13.2. The number of nitrogens with zero attached hydrogens (tertiary/aromatic N) is 3. The van der Waals surface area contributed by atoms with E-state index < -0.39 is 24.2 Å². The Morgan fingerprint density at radius 2 is 1.67 bits per heavy atom. The first kappa shape index (κ1) is 28.1. The Hall–Kier alpha value is -2.49. The molecule has 3 amide bonds. The number of piperidine rings is 1. The van der Waals surface area contributed by atoms with Gasteiger partial charge in [0, 0.05) is 19.6 Å². The second kappa shape index (κ2) is 11.7. The fraction of sp³-hybridized carbons (Fsp3) is 0.808. The quantitative estimate of drug-likeness (QED) is 0.387. The summed E-state index contributed by atoms with van der Waals surface area (Å²) < 4.78 is 5.63. The van der Waals surface area contributed by atoms with Crippen molar-refractivity contribution in [3.8, 4) is 0 Å². The standard InChI is InChI=1S/C26H42N4O6/c1-17(15-31)27-23(33)19-9-6-7-11-30(19)24(34)20-10-8-12-29(20)22(32)13-18(2)36-25(35)21-14-26(3,4)16-28(21)5/h15,17-21H,6-14,16H2,1-5H3,(H,27,33). The highest BCUT2D eigenvalue weighted by molar-refractivity contribution is 5.93. The van der Waals surface area contributed by atoms with Crippen molar-refractivity contribution in [1.82, 2.24) is 20.0 Å². The SMILES string of the molecule is CC(C=O)NC(=O)C1CCCCN1C(=O)C1CCCN1C(=O)CC(C)OC(=O)C1CC(C)(C)CN1C. The first-order chi connectivity index (χ1) is 16.9. The Bertz CT molecular complexity index is 861. The summed E-state index contributed by atoms with van der Waals surface area (Å²) in [5.74, 6) is -1.10. The van der Waals surface area contributed by atoms with Crippen molar-refractivity contribution in [2.24, 2.45) is 5.41 Å². The summed E-state index contributed by atoms with van der Waals surface area (Å²) in [4.78, 5) is 68.2. The zero-order valence-electron chi connectivity index (χ0n) is 22.3. The van der Waals surface area contributed by atoms with Gasteiger partial charge in [0.25, 0.3) is 0 Å². The third-order valence-corrected chi connectivity index (χ3v) is 7.53. The molecule has 10 heteroatoms. The Balaban J connectivity index is 1.59. The van der Waals surface area contributed by atoms with E-state index in [4.69, 9.17) is 4.74 Å². The molecule has 0 radical (unpaired) electrons. The molecule has 0 saturated carbocycles. The van der Waals surface area contributed by atoms with Crippen LogP contribution >= 0.6 is 0 Å². The fourth-order valence-electron chi connectivity index (χ4n) is 5.81. The van der Waals surface area contributed by atoms with Crippen molar-refractivity contribution in [3.63, 3.8) is 0 Å². The lowest BCUT2D eigenvalue weighted by molar-refractivity contribution is -0.156. The molecular weight excluding hydrogens is 464 g/mol. The molecule has 202 valence electrons. The summed E-state index contributed by atoms with van der Waals surface area (Å²) in [6.45, 7) is 9.26. The molecule has 36 heavy (non-hydrogen) atoms. The smallest absolute Gasteiger partial charge is 0.323 e. The topological polar surface area (TPSA) is 116 Å². The van der Waals surface area contributed by atoms with Crippen LogP contribution in [0.2, 0.25) is 0 Å². The molecule has 3 saturated heterocycles. The number of hydrogen-bond donors (Lipinski definition) is 1. The normalized spacial score (nSPS) is 27.9. The Morgan fingerprint density at radius 3 is 2.31 bits per heavy atom. The van der Waals surface area contributed by atoms with E-state index in [2.05, 4.69) is 19.2 Å². The molecule has 3 aliphatic heterocycles. The van der Waals surface area contributed by atoms with Crippen molar-refractivity contribution in [2.75, 3.05) is 26.7 Å². The van der Waals surface area contributed by atoms with Gasteiger partial charge < -0.3 is 24.6 Å². The molecule has 0 aliphatic carbocycles. The van der Waals surface area contributed by atoms with Gasteiger partial charge in [0.15, 0.2) is 0 Å². The van der Waals surface area contributed by atoms with Gasteiger partial charge in [0.1, 0.15) is 30.5 Å². The molecule has 5 unspecified atom stereocenters. The minimum Gasteiger partial charge on any atom is -0.461 e. The van der Waals surface area contributed by atoms with Crippen molar-refractivity contribution >= 4 is 30.0 Å². The molecule has 3 aliphatic rings. The van der Waals surface area contributed by atoms with Gasteiger partial charge in [-0.05, 0) is 64.8 Å². The van der Waals surface area contributed by atoms with Gasteiger partial charge >= 0.3 is 5.97 Å². The summed E-state index contributed by atoms with van der Waals surface area (Å²) in [5, 5.41) is 2.65. The third-order valence-electron chi connectivity index (χ3n) is 7.53. The number of nitrogens with one attached hydrogen (secondary N) is 1. The van der Waals surface area contributed by atoms with E-state index in [1.807, 2.05) is 11.9 Å². The second-order valence-electron chi connectivity index (χ2n) is 11.5. The average Bonchev–Trinajstić information content (AvgIpc) is 3.41. The molecule has 3 fully saturated rings. The highest BCUT2D eigenvalue weighted by Gasteiger charge is 2.43. The monoisotopic (exact) mass is 506 g/mol. The highest BCUT2D eigenvalue weighted by Crippen LogP contribution is 2.33. The minimum absolute atomic E-state index is 0.0100. The van der Waals surface area contributed by atoms with Crippen LogP contribution in [0.3, 0.4) is 0 Å². The molecule has 10 nitrogen and oxygen atoms in total. The van der Waals surface area contributed by atoms with Crippen LogP contribution in [0.4, 0.5) is 0 Å². The van der Waals surface area contributed by atoms with Crippen LogP contribution in [0, 0.1) is 5.41 Å². The molecule has 1 N–H and O–H groups in total. The number of rotatable bonds is 8. The maximum Gasteiger partial charge on any atom is 0.323 e. The van der Waals surface area contributed by atoms with E-state index >= 15 is 0 Å². The largest absolute Gasteiger partial charge is 0.461 e. The van der Waals surface area contributed by atoms with Gasteiger partial charge in [-0.2, -0.15) is 0 Å². The third kappa shape index (κ3) is 6.63. The number of carbonyl (C=O) groups excluding carboxylic acids is 5. The van der Waals surface area contributed by atoms with Crippen molar-refractivity contribution in [2.45, 2.75) is 103 Å². The van der Waals surface area contributed by atoms with Crippen molar-refractivity contribution in [1.29, 1.82) is 0 Å². The van der Waals surface area contributed by atoms with Gasteiger partial charge in [-0.15, -0.1) is 0 Å². The molecule has 5 atom stereocenters. The van der Waals surface area contributed by atoms with Gasteiger partial charge in [0.2, 0.25) is 17.7 Å². The lowest BCUT2D eigenvalue weighted by Gasteiger charge is -2.38. The summed E-state index contributed by atoms with van der Waals surface area (Å²) in [6, 6.07) is -2.21.